The van der Waals surface area contributed by atoms with Crippen molar-refractivity contribution < 1.29 is 13.2 Å². The molecule has 2 aromatic rings. The maximum Gasteiger partial charge on any atom is 0.416 e. The van der Waals surface area contributed by atoms with Gasteiger partial charge in [0.1, 0.15) is 12.7 Å². The van der Waals surface area contributed by atoms with E-state index in [9.17, 15) is 13.2 Å². The maximum absolute atomic E-state index is 12.5. The van der Waals surface area contributed by atoms with Gasteiger partial charge in [-0.1, -0.05) is 0 Å². The van der Waals surface area contributed by atoms with E-state index < -0.39 is 11.7 Å². The van der Waals surface area contributed by atoms with Crippen LogP contribution in [0.4, 0.5) is 13.2 Å². The van der Waals surface area contributed by atoms with Gasteiger partial charge in [0.25, 0.3) is 0 Å². The molecule has 0 unspecified atom stereocenters. The fraction of sp³-hybridized carbons (Fsp3) is 0.200. The Hall–Kier alpha value is -1.89. The summed E-state index contributed by atoms with van der Waals surface area (Å²) in [5.74, 6) is 0. The van der Waals surface area contributed by atoms with E-state index in [2.05, 4.69) is 10.2 Å². The molecule has 7 heteroatoms. The number of hydrogen-bond donors (Lipinski definition) is 1. The Kier molecular flexibility index (Phi) is 2.84. The van der Waals surface area contributed by atoms with Gasteiger partial charge in [0.2, 0.25) is 0 Å². The molecule has 0 amide bonds. The van der Waals surface area contributed by atoms with Crippen molar-refractivity contribution >= 4 is 0 Å². The molecule has 0 aliphatic carbocycles. The third-order valence-corrected chi connectivity index (χ3v) is 2.32. The molecule has 0 aliphatic rings. The summed E-state index contributed by atoms with van der Waals surface area (Å²) in [6.07, 6.45) is -1.56. The van der Waals surface area contributed by atoms with Gasteiger partial charge >= 0.3 is 6.18 Å². The molecule has 0 aliphatic heterocycles. The van der Waals surface area contributed by atoms with Crippen LogP contribution in [0.3, 0.4) is 0 Å². The first-order chi connectivity index (χ1) is 8.02. The Morgan fingerprint density at radius 1 is 1.18 bits per heavy atom. The number of aromatic nitrogens is 3. The summed E-state index contributed by atoms with van der Waals surface area (Å²) in [6, 6.07) is 3.40. The first-order valence-corrected chi connectivity index (χ1v) is 4.77. The van der Waals surface area contributed by atoms with Gasteiger partial charge in [-0.05, 0) is 23.8 Å². The zero-order chi connectivity index (χ0) is 12.5. The molecule has 1 aromatic carbocycles. The number of rotatable bonds is 2. The number of halogens is 3. The van der Waals surface area contributed by atoms with Crippen LogP contribution in [0.2, 0.25) is 0 Å². The lowest BCUT2D eigenvalue weighted by atomic mass is 10.1. The van der Waals surface area contributed by atoms with Crippen molar-refractivity contribution in [3.05, 3.63) is 42.0 Å². The first-order valence-electron chi connectivity index (χ1n) is 4.77. The van der Waals surface area contributed by atoms with Gasteiger partial charge in [-0.25, -0.2) is 0 Å². The molecule has 0 radical (unpaired) electrons. The molecule has 0 atom stereocenters. The van der Waals surface area contributed by atoms with E-state index in [-0.39, 0.29) is 6.54 Å². The average molecular weight is 242 g/mol. The quantitative estimate of drug-likeness (QED) is 0.872. The zero-order valence-electron chi connectivity index (χ0n) is 8.65. The molecule has 90 valence electrons. The lowest BCUT2D eigenvalue weighted by Gasteiger charge is -2.12. The monoisotopic (exact) mass is 242 g/mol. The highest BCUT2D eigenvalue weighted by atomic mass is 19.4. The predicted molar refractivity (Wildman–Crippen MR) is 54.3 cm³/mol. The van der Waals surface area contributed by atoms with Crippen LogP contribution in [0.15, 0.2) is 30.9 Å². The highest BCUT2D eigenvalue weighted by Gasteiger charge is 2.30. The predicted octanol–water partition coefficient (Wildman–Crippen LogP) is 1.74. The van der Waals surface area contributed by atoms with Crippen LogP contribution in [0.5, 0.6) is 0 Å². The summed E-state index contributed by atoms with van der Waals surface area (Å²) < 4.78 is 39.0. The van der Waals surface area contributed by atoms with Gasteiger partial charge in [0.15, 0.2) is 0 Å². The second-order valence-corrected chi connectivity index (χ2v) is 3.41. The number of hydrogen-bond acceptors (Lipinski definition) is 3. The van der Waals surface area contributed by atoms with Gasteiger partial charge in [0, 0.05) is 6.54 Å². The number of alkyl halides is 3. The van der Waals surface area contributed by atoms with Crippen LogP contribution in [-0.4, -0.2) is 14.8 Å². The van der Waals surface area contributed by atoms with Gasteiger partial charge in [0.05, 0.1) is 11.3 Å². The van der Waals surface area contributed by atoms with Crippen LogP contribution < -0.4 is 5.73 Å². The van der Waals surface area contributed by atoms with E-state index in [0.717, 1.165) is 12.1 Å². The number of nitrogens with two attached hydrogens (primary N) is 1. The Labute approximate surface area is 94.9 Å². The summed E-state index contributed by atoms with van der Waals surface area (Å²) >= 11 is 0. The Morgan fingerprint density at radius 2 is 1.82 bits per heavy atom. The maximum atomic E-state index is 12.5. The molecule has 0 spiro atoms. The second-order valence-electron chi connectivity index (χ2n) is 3.41. The standard InChI is InChI=1S/C10H9F3N4/c11-10(12,13)8-1-2-9(7(3-8)4-14)17-5-15-16-6-17/h1-3,5-6H,4,14H2. The van der Waals surface area contributed by atoms with Crippen molar-refractivity contribution in [3.63, 3.8) is 0 Å². The molecule has 0 fully saturated rings. The minimum atomic E-state index is -4.37. The number of benzene rings is 1. The van der Waals surface area contributed by atoms with E-state index in [4.69, 9.17) is 5.73 Å². The number of nitrogens with zero attached hydrogens (tertiary/aromatic N) is 3. The molecule has 4 nitrogen and oxygen atoms in total. The fourth-order valence-corrected chi connectivity index (χ4v) is 1.50. The molecule has 0 saturated carbocycles. The van der Waals surface area contributed by atoms with Crippen LogP contribution in [0.1, 0.15) is 11.1 Å². The lowest BCUT2D eigenvalue weighted by Crippen LogP contribution is -2.09. The fourth-order valence-electron chi connectivity index (χ4n) is 1.50. The third kappa shape index (κ3) is 2.28. The smallest absolute Gasteiger partial charge is 0.326 e. The van der Waals surface area contributed by atoms with Crippen molar-refractivity contribution in [2.45, 2.75) is 12.7 Å². The van der Waals surface area contributed by atoms with E-state index >= 15 is 0 Å². The van der Waals surface area contributed by atoms with Crippen molar-refractivity contribution in [2.75, 3.05) is 0 Å². The Morgan fingerprint density at radius 3 is 2.35 bits per heavy atom. The van der Waals surface area contributed by atoms with Crippen molar-refractivity contribution in [3.8, 4) is 5.69 Å². The van der Waals surface area contributed by atoms with Crippen molar-refractivity contribution in [2.24, 2.45) is 5.73 Å². The van der Waals surface area contributed by atoms with E-state index in [1.807, 2.05) is 0 Å². The largest absolute Gasteiger partial charge is 0.416 e. The third-order valence-electron chi connectivity index (χ3n) is 2.32. The molecule has 0 saturated heterocycles. The summed E-state index contributed by atoms with van der Waals surface area (Å²) in [4.78, 5) is 0. The molecule has 0 bridgehead atoms. The SMILES string of the molecule is NCc1cc(C(F)(F)F)ccc1-n1cnnc1. The summed E-state index contributed by atoms with van der Waals surface area (Å²) in [7, 11) is 0. The van der Waals surface area contributed by atoms with E-state index in [0.29, 0.717) is 11.3 Å². The van der Waals surface area contributed by atoms with Crippen molar-refractivity contribution in [1.29, 1.82) is 0 Å². The minimum Gasteiger partial charge on any atom is -0.326 e. The van der Waals surface area contributed by atoms with E-state index in [1.54, 1.807) is 0 Å². The van der Waals surface area contributed by atoms with Gasteiger partial charge in [-0.3, -0.25) is 4.57 Å². The summed E-state index contributed by atoms with van der Waals surface area (Å²) in [5, 5.41) is 7.19. The molecule has 1 heterocycles. The highest BCUT2D eigenvalue weighted by molar-refractivity contribution is 5.44. The summed E-state index contributed by atoms with van der Waals surface area (Å²) in [5.41, 5.74) is 5.67. The van der Waals surface area contributed by atoms with Crippen LogP contribution in [-0.2, 0) is 12.7 Å². The van der Waals surface area contributed by atoms with E-state index in [1.165, 1.54) is 23.3 Å². The summed E-state index contributed by atoms with van der Waals surface area (Å²) in [6.45, 7) is 0.0113. The Bertz CT molecular complexity index is 505. The molecular weight excluding hydrogens is 233 g/mol. The lowest BCUT2D eigenvalue weighted by molar-refractivity contribution is -0.137. The molecule has 2 rings (SSSR count). The zero-order valence-corrected chi connectivity index (χ0v) is 8.65. The Balaban J connectivity index is 2.50. The van der Waals surface area contributed by atoms with Gasteiger partial charge in [-0.15, -0.1) is 10.2 Å². The van der Waals surface area contributed by atoms with Crippen LogP contribution >= 0.6 is 0 Å². The highest BCUT2D eigenvalue weighted by Crippen LogP contribution is 2.31. The minimum absolute atomic E-state index is 0.0113. The van der Waals surface area contributed by atoms with Gasteiger partial charge in [-0.2, -0.15) is 13.2 Å². The van der Waals surface area contributed by atoms with Crippen LogP contribution in [0, 0.1) is 0 Å². The van der Waals surface area contributed by atoms with Crippen LogP contribution in [0.25, 0.3) is 5.69 Å². The topological polar surface area (TPSA) is 56.7 Å². The normalized spacial score (nSPS) is 11.8. The second kappa shape index (κ2) is 4.17. The first kappa shape index (κ1) is 11.6. The molecule has 1 aromatic heterocycles. The molecular formula is C10H9F3N4. The van der Waals surface area contributed by atoms with Crippen molar-refractivity contribution in [1.82, 2.24) is 14.8 Å². The molecule has 17 heavy (non-hydrogen) atoms. The average Bonchev–Trinajstić information content (AvgIpc) is 2.80. The van der Waals surface area contributed by atoms with Gasteiger partial charge < -0.3 is 5.73 Å². The molecule has 2 N–H and O–H groups in total.